The van der Waals surface area contributed by atoms with Crippen LogP contribution in [0.4, 0.5) is 5.69 Å². The first kappa shape index (κ1) is 24.8. The second kappa shape index (κ2) is 11.8. The highest BCUT2D eigenvalue weighted by Gasteiger charge is 2.22. The van der Waals surface area contributed by atoms with Crippen LogP contribution in [0.5, 0.6) is 5.75 Å². The molecule has 1 aromatic carbocycles. The van der Waals surface area contributed by atoms with Gasteiger partial charge in [0.2, 0.25) is 0 Å². The average molecular weight is 444 g/mol. The summed E-state index contributed by atoms with van der Waals surface area (Å²) in [7, 11) is 3.25. The molecule has 3 N–H and O–H groups in total. The second-order valence-electron chi connectivity index (χ2n) is 7.08. The maximum absolute atomic E-state index is 12.8. The number of carbonyl (C=O) groups is 2. The van der Waals surface area contributed by atoms with E-state index in [0.29, 0.717) is 24.5 Å². The van der Waals surface area contributed by atoms with Crippen LogP contribution in [0.1, 0.15) is 33.3 Å². The van der Waals surface area contributed by atoms with Gasteiger partial charge < -0.3 is 25.5 Å². The van der Waals surface area contributed by atoms with Crippen LogP contribution in [-0.4, -0.2) is 53.7 Å². The van der Waals surface area contributed by atoms with Crippen molar-refractivity contribution in [2.75, 3.05) is 25.6 Å². The predicted octanol–water partition coefficient (Wildman–Crippen LogP) is 2.71. The van der Waals surface area contributed by atoms with Crippen LogP contribution in [0.25, 0.3) is 0 Å². The Morgan fingerprint density at radius 3 is 2.78 bits per heavy atom. The number of benzene rings is 1. The zero-order chi connectivity index (χ0) is 23.7. The van der Waals surface area contributed by atoms with Crippen molar-refractivity contribution in [2.24, 2.45) is 7.05 Å². The highest BCUT2D eigenvalue weighted by molar-refractivity contribution is 6.27. The van der Waals surface area contributed by atoms with Gasteiger partial charge in [0.25, 0.3) is 11.8 Å². The van der Waals surface area contributed by atoms with Crippen molar-refractivity contribution in [3.8, 4) is 5.75 Å². The molecular formula is C23H33N5O4. The highest BCUT2D eigenvalue weighted by atomic mass is 16.5. The summed E-state index contributed by atoms with van der Waals surface area (Å²) in [5.41, 5.74) is 1.92. The third-order valence-electron chi connectivity index (χ3n) is 4.54. The molecule has 2 aromatic rings. The molecule has 0 bridgehead atoms. The molecule has 32 heavy (non-hydrogen) atoms. The molecule has 174 valence electrons. The van der Waals surface area contributed by atoms with Crippen LogP contribution in [0.3, 0.4) is 0 Å². The zero-order valence-electron chi connectivity index (χ0n) is 19.2. The Balaban J connectivity index is 0.00000177. The number of ether oxygens (including phenoxy) is 2. The molecule has 0 aliphatic carbocycles. The number of nitrogens with one attached hydrogen (secondary N) is 3. The molecule has 0 fully saturated rings. The lowest BCUT2D eigenvalue weighted by Crippen LogP contribution is -2.39. The number of anilines is 1. The van der Waals surface area contributed by atoms with Crippen LogP contribution in [0.2, 0.25) is 0 Å². The van der Waals surface area contributed by atoms with Crippen molar-refractivity contribution < 1.29 is 20.5 Å². The van der Waals surface area contributed by atoms with E-state index < -0.39 is 11.8 Å². The van der Waals surface area contributed by atoms with E-state index in [4.69, 9.17) is 14.9 Å². The number of hydrogen-bond donors (Lipinski definition) is 3. The van der Waals surface area contributed by atoms with Gasteiger partial charge >= 0.3 is 0 Å². The average Bonchev–Trinajstić information content (AvgIpc) is 3.41. The molecule has 0 spiro atoms. The van der Waals surface area contributed by atoms with Gasteiger partial charge in [0.05, 0.1) is 30.8 Å². The Morgan fingerprint density at radius 2 is 2.12 bits per heavy atom. The maximum Gasteiger partial charge on any atom is 0.261 e. The molecule has 3 rings (SSSR count). The standard InChI is InChI=1S/C21H25N5O4.C2H6.H2/c1-13(12-29-3)24-20(27)17(21(28)25-16-10-23-26(2)11-16)9-18(22)15-5-4-14-6-7-30-19(14)8-15;1-2;/h4-5,8-11,13,22H,6-7,12H2,1-3H3,(H,24,27)(H,25,28);1-2H3;1H/b17-9-,22-18?;;/t13-;;/m0../s1. The molecule has 0 saturated carbocycles. The lowest BCUT2D eigenvalue weighted by atomic mass is 10.0. The Bertz CT molecular complexity index is 1000. The Hall–Kier alpha value is -3.46. The van der Waals surface area contributed by atoms with Crippen molar-refractivity contribution in [1.29, 1.82) is 5.41 Å². The van der Waals surface area contributed by atoms with E-state index in [1.54, 1.807) is 32.3 Å². The van der Waals surface area contributed by atoms with Crippen LogP contribution in [0, 0.1) is 5.41 Å². The third kappa shape index (κ3) is 6.52. The fourth-order valence-corrected chi connectivity index (χ4v) is 3.07. The van der Waals surface area contributed by atoms with Crippen molar-refractivity contribution in [1.82, 2.24) is 15.1 Å². The maximum atomic E-state index is 12.8. The summed E-state index contributed by atoms with van der Waals surface area (Å²) in [6.45, 7) is 6.67. The monoisotopic (exact) mass is 443 g/mol. The quantitative estimate of drug-likeness (QED) is 0.251. The molecule has 2 heterocycles. The van der Waals surface area contributed by atoms with Crippen LogP contribution >= 0.6 is 0 Å². The fraction of sp³-hybridized carbons (Fsp3) is 0.391. The van der Waals surface area contributed by atoms with Crippen molar-refractivity contribution in [3.05, 3.63) is 53.4 Å². The number of aromatic nitrogens is 2. The largest absolute Gasteiger partial charge is 0.493 e. The summed E-state index contributed by atoms with van der Waals surface area (Å²) in [4.78, 5) is 25.6. The normalized spacial score (nSPS) is 13.2. The number of aryl methyl sites for hydroxylation is 1. The van der Waals surface area contributed by atoms with Gasteiger partial charge in [-0.2, -0.15) is 5.10 Å². The summed E-state index contributed by atoms with van der Waals surface area (Å²) in [6.07, 6.45) is 5.18. The zero-order valence-corrected chi connectivity index (χ0v) is 19.2. The van der Waals surface area contributed by atoms with Crippen molar-refractivity contribution in [2.45, 2.75) is 33.2 Å². The van der Waals surface area contributed by atoms with E-state index in [2.05, 4.69) is 15.7 Å². The molecule has 0 saturated heterocycles. The molecule has 0 radical (unpaired) electrons. The third-order valence-corrected chi connectivity index (χ3v) is 4.54. The van der Waals surface area contributed by atoms with E-state index in [-0.39, 0.29) is 18.8 Å². The summed E-state index contributed by atoms with van der Waals surface area (Å²) in [5.74, 6) is -0.499. The first-order chi connectivity index (χ1) is 15.4. The van der Waals surface area contributed by atoms with E-state index in [1.807, 2.05) is 19.9 Å². The minimum Gasteiger partial charge on any atom is -0.493 e. The highest BCUT2D eigenvalue weighted by Crippen LogP contribution is 2.26. The molecule has 9 nitrogen and oxygen atoms in total. The SMILES string of the molecule is CC.COC[C@H](C)NC(=O)/C(=C/C(=N)c1ccc2c(c1)OCC2)C(=O)Nc1cnn(C)c1.[HH]. The number of allylic oxidation sites excluding steroid dienone is 1. The Labute approximate surface area is 189 Å². The van der Waals surface area contributed by atoms with Gasteiger partial charge in [-0.05, 0) is 24.6 Å². The van der Waals surface area contributed by atoms with Gasteiger partial charge in [0.1, 0.15) is 11.3 Å². The van der Waals surface area contributed by atoms with Gasteiger partial charge in [-0.25, -0.2) is 0 Å². The van der Waals surface area contributed by atoms with Gasteiger partial charge in [0, 0.05) is 39.8 Å². The summed E-state index contributed by atoms with van der Waals surface area (Å²) >= 11 is 0. The molecule has 1 atom stereocenters. The molecule has 2 amide bonds. The first-order valence-corrected chi connectivity index (χ1v) is 10.5. The number of rotatable bonds is 8. The number of amides is 2. The van der Waals surface area contributed by atoms with E-state index in [9.17, 15) is 9.59 Å². The summed E-state index contributed by atoms with van der Waals surface area (Å²) in [5, 5.41) is 17.8. The molecule has 1 aliphatic heterocycles. The van der Waals surface area contributed by atoms with Crippen molar-refractivity contribution >= 4 is 23.2 Å². The second-order valence-corrected chi connectivity index (χ2v) is 7.08. The molecular weight excluding hydrogens is 410 g/mol. The predicted molar refractivity (Wildman–Crippen MR) is 125 cm³/mol. The molecule has 1 aromatic heterocycles. The first-order valence-electron chi connectivity index (χ1n) is 10.5. The van der Waals surface area contributed by atoms with Gasteiger partial charge in [-0.1, -0.05) is 26.0 Å². The minimum absolute atomic E-state index is 0. The van der Waals surface area contributed by atoms with E-state index in [0.717, 1.165) is 17.7 Å². The molecule has 1 aliphatic rings. The Kier molecular flexibility index (Phi) is 9.15. The van der Waals surface area contributed by atoms with Gasteiger partial charge in [-0.3, -0.25) is 14.3 Å². The Morgan fingerprint density at radius 1 is 1.38 bits per heavy atom. The fourth-order valence-electron chi connectivity index (χ4n) is 3.07. The van der Waals surface area contributed by atoms with Crippen LogP contribution < -0.4 is 15.4 Å². The van der Waals surface area contributed by atoms with E-state index >= 15 is 0 Å². The minimum atomic E-state index is -0.632. The number of carbonyl (C=O) groups excluding carboxylic acids is 2. The lowest BCUT2D eigenvalue weighted by molar-refractivity contribution is -0.122. The molecule has 9 heteroatoms. The number of methoxy groups -OCH3 is 1. The topological polar surface area (TPSA) is 118 Å². The summed E-state index contributed by atoms with van der Waals surface area (Å²) < 4.78 is 12.1. The van der Waals surface area contributed by atoms with Crippen molar-refractivity contribution in [3.63, 3.8) is 0 Å². The lowest BCUT2D eigenvalue weighted by Gasteiger charge is -2.15. The number of hydrogen-bond acceptors (Lipinski definition) is 6. The summed E-state index contributed by atoms with van der Waals surface area (Å²) in [6, 6.07) is 5.13. The van der Waals surface area contributed by atoms with Crippen LogP contribution in [-0.2, 0) is 27.8 Å². The van der Waals surface area contributed by atoms with Gasteiger partial charge in [-0.15, -0.1) is 0 Å². The van der Waals surface area contributed by atoms with E-state index in [1.165, 1.54) is 24.1 Å². The van der Waals surface area contributed by atoms with Crippen LogP contribution in [0.15, 0.2) is 42.2 Å². The smallest absolute Gasteiger partial charge is 0.261 e. The number of fused-ring (bicyclic) bond motifs is 1. The van der Waals surface area contributed by atoms with Gasteiger partial charge in [0.15, 0.2) is 0 Å². The molecule has 0 unspecified atom stereocenters. The number of nitrogens with zero attached hydrogens (tertiary/aromatic N) is 2.